The molecule has 0 aliphatic carbocycles. The van der Waals surface area contributed by atoms with E-state index in [0.717, 1.165) is 12.0 Å². The third-order valence-corrected chi connectivity index (χ3v) is 2.16. The normalized spacial score (nSPS) is 12.5. The van der Waals surface area contributed by atoms with Gasteiger partial charge in [0.25, 0.3) is 0 Å². The van der Waals surface area contributed by atoms with Crippen molar-refractivity contribution in [1.29, 1.82) is 0 Å². The van der Waals surface area contributed by atoms with Crippen LogP contribution in [0.2, 0.25) is 0 Å². The highest BCUT2D eigenvalue weighted by atomic mass is 19.1. The highest BCUT2D eigenvalue weighted by Crippen LogP contribution is 2.23. The largest absolute Gasteiger partial charge is 0.207 e. The van der Waals surface area contributed by atoms with Crippen LogP contribution in [-0.2, 0) is 0 Å². The van der Waals surface area contributed by atoms with Crippen LogP contribution < -0.4 is 0 Å². The van der Waals surface area contributed by atoms with Crippen molar-refractivity contribution in [2.75, 3.05) is 0 Å². The van der Waals surface area contributed by atoms with Gasteiger partial charge in [0.1, 0.15) is 5.82 Å². The van der Waals surface area contributed by atoms with E-state index >= 15 is 0 Å². The zero-order valence-corrected chi connectivity index (χ0v) is 8.63. The maximum absolute atomic E-state index is 12.9. The molecule has 0 saturated heterocycles. The molecule has 1 atom stereocenters. The molecule has 0 aliphatic heterocycles. The molecular formula is C13H15F. The van der Waals surface area contributed by atoms with Crippen molar-refractivity contribution in [3.05, 3.63) is 35.6 Å². The molecule has 0 heterocycles. The Morgan fingerprint density at radius 3 is 2.64 bits per heavy atom. The Morgan fingerprint density at radius 2 is 2.14 bits per heavy atom. The Bertz CT molecular complexity index is 333. The van der Waals surface area contributed by atoms with Gasteiger partial charge in [-0.15, -0.1) is 6.42 Å². The Labute approximate surface area is 85.2 Å². The second-order valence-corrected chi connectivity index (χ2v) is 3.90. The van der Waals surface area contributed by atoms with Crippen LogP contribution in [0.4, 0.5) is 4.39 Å². The van der Waals surface area contributed by atoms with Crippen molar-refractivity contribution in [2.45, 2.75) is 26.2 Å². The van der Waals surface area contributed by atoms with Crippen LogP contribution in [0.1, 0.15) is 31.7 Å². The van der Waals surface area contributed by atoms with Gasteiger partial charge >= 0.3 is 0 Å². The van der Waals surface area contributed by atoms with Crippen molar-refractivity contribution in [1.82, 2.24) is 0 Å². The van der Waals surface area contributed by atoms with Crippen LogP contribution in [0.15, 0.2) is 24.3 Å². The van der Waals surface area contributed by atoms with Crippen molar-refractivity contribution in [3.63, 3.8) is 0 Å². The van der Waals surface area contributed by atoms with Crippen LogP contribution in [-0.4, -0.2) is 0 Å². The molecule has 0 unspecified atom stereocenters. The number of rotatable bonds is 3. The minimum absolute atomic E-state index is 0.0331. The second kappa shape index (κ2) is 4.81. The monoisotopic (exact) mass is 190 g/mol. The molecule has 1 aromatic carbocycles. The fourth-order valence-electron chi connectivity index (χ4n) is 1.50. The first kappa shape index (κ1) is 10.8. The lowest BCUT2D eigenvalue weighted by molar-refractivity contribution is 0.554. The van der Waals surface area contributed by atoms with Gasteiger partial charge in [-0.25, -0.2) is 4.39 Å². The zero-order valence-electron chi connectivity index (χ0n) is 8.63. The summed E-state index contributed by atoms with van der Waals surface area (Å²) in [5.74, 6) is 3.05. The molecule has 0 spiro atoms. The van der Waals surface area contributed by atoms with Crippen molar-refractivity contribution < 1.29 is 4.39 Å². The molecular weight excluding hydrogens is 175 g/mol. The average Bonchev–Trinajstić information content (AvgIpc) is 2.14. The summed E-state index contributed by atoms with van der Waals surface area (Å²) in [4.78, 5) is 0. The molecule has 1 aromatic rings. The van der Waals surface area contributed by atoms with E-state index in [9.17, 15) is 4.39 Å². The fourth-order valence-corrected chi connectivity index (χ4v) is 1.50. The average molecular weight is 190 g/mol. The van der Waals surface area contributed by atoms with Gasteiger partial charge in [-0.1, -0.05) is 31.9 Å². The highest BCUT2D eigenvalue weighted by Gasteiger charge is 2.10. The number of hydrogen-bond donors (Lipinski definition) is 0. The number of benzene rings is 1. The minimum atomic E-state index is -0.216. The zero-order chi connectivity index (χ0) is 10.6. The lowest BCUT2D eigenvalue weighted by Crippen LogP contribution is -2.00. The fraction of sp³-hybridized carbons (Fsp3) is 0.385. The van der Waals surface area contributed by atoms with E-state index in [1.807, 2.05) is 6.07 Å². The number of hydrogen-bond acceptors (Lipinski definition) is 0. The van der Waals surface area contributed by atoms with E-state index in [-0.39, 0.29) is 11.7 Å². The van der Waals surface area contributed by atoms with Crippen molar-refractivity contribution in [2.24, 2.45) is 5.92 Å². The van der Waals surface area contributed by atoms with Gasteiger partial charge in [0, 0.05) is 5.92 Å². The predicted octanol–water partition coefficient (Wildman–Crippen LogP) is 3.59. The maximum Gasteiger partial charge on any atom is 0.123 e. The summed E-state index contributed by atoms with van der Waals surface area (Å²) in [6.07, 6.45) is 6.33. The van der Waals surface area contributed by atoms with E-state index in [1.54, 1.807) is 6.07 Å². The van der Waals surface area contributed by atoms with Gasteiger partial charge in [0.15, 0.2) is 0 Å². The number of halogens is 1. The molecule has 0 fully saturated rings. The summed E-state index contributed by atoms with van der Waals surface area (Å²) in [7, 11) is 0. The molecule has 0 nitrogen and oxygen atoms in total. The molecule has 0 bridgehead atoms. The Morgan fingerprint density at radius 1 is 1.43 bits per heavy atom. The van der Waals surface area contributed by atoms with E-state index in [0.29, 0.717) is 5.92 Å². The molecule has 74 valence electrons. The summed E-state index contributed by atoms with van der Waals surface area (Å²) < 4.78 is 12.9. The molecule has 0 aliphatic rings. The van der Waals surface area contributed by atoms with Gasteiger partial charge < -0.3 is 0 Å². The van der Waals surface area contributed by atoms with Gasteiger partial charge in [0.05, 0.1) is 0 Å². The molecule has 0 amide bonds. The third kappa shape index (κ3) is 2.88. The summed E-state index contributed by atoms with van der Waals surface area (Å²) in [6, 6.07) is 6.55. The van der Waals surface area contributed by atoms with Crippen molar-refractivity contribution >= 4 is 0 Å². The van der Waals surface area contributed by atoms with Crippen LogP contribution in [0.5, 0.6) is 0 Å². The van der Waals surface area contributed by atoms with E-state index in [4.69, 9.17) is 6.42 Å². The summed E-state index contributed by atoms with van der Waals surface area (Å²) in [5, 5.41) is 0. The van der Waals surface area contributed by atoms with Crippen LogP contribution >= 0.6 is 0 Å². The molecule has 0 saturated carbocycles. The predicted molar refractivity (Wildman–Crippen MR) is 57.4 cm³/mol. The van der Waals surface area contributed by atoms with Gasteiger partial charge in [-0.05, 0) is 30.0 Å². The van der Waals surface area contributed by atoms with E-state index in [2.05, 4.69) is 19.8 Å². The molecule has 14 heavy (non-hydrogen) atoms. The van der Waals surface area contributed by atoms with Crippen LogP contribution in [0.3, 0.4) is 0 Å². The quantitative estimate of drug-likeness (QED) is 0.639. The molecule has 0 radical (unpaired) electrons. The first-order valence-corrected chi connectivity index (χ1v) is 4.85. The second-order valence-electron chi connectivity index (χ2n) is 3.90. The standard InChI is InChI=1S/C13H15F/c1-4-11(8-10(2)3)12-6-5-7-13(14)9-12/h1,5-7,9-11H,8H2,2-3H3/t11-/m1/s1. The minimum Gasteiger partial charge on any atom is -0.207 e. The SMILES string of the molecule is C#C[C@H](CC(C)C)c1cccc(F)c1. The third-order valence-electron chi connectivity index (χ3n) is 2.16. The van der Waals surface area contributed by atoms with Gasteiger partial charge in [0.2, 0.25) is 0 Å². The topological polar surface area (TPSA) is 0 Å². The van der Waals surface area contributed by atoms with E-state index < -0.39 is 0 Å². The molecule has 0 aromatic heterocycles. The maximum atomic E-state index is 12.9. The van der Waals surface area contributed by atoms with E-state index in [1.165, 1.54) is 12.1 Å². The molecule has 1 rings (SSSR count). The summed E-state index contributed by atoms with van der Waals surface area (Å²) in [5.41, 5.74) is 0.904. The smallest absolute Gasteiger partial charge is 0.123 e. The first-order chi connectivity index (χ1) is 6.63. The lowest BCUT2D eigenvalue weighted by Gasteiger charge is -2.13. The van der Waals surface area contributed by atoms with Crippen LogP contribution in [0.25, 0.3) is 0 Å². The summed E-state index contributed by atoms with van der Waals surface area (Å²) >= 11 is 0. The molecule has 0 N–H and O–H groups in total. The van der Waals surface area contributed by atoms with Crippen molar-refractivity contribution in [3.8, 4) is 12.3 Å². The lowest BCUT2D eigenvalue weighted by atomic mass is 9.91. The first-order valence-electron chi connectivity index (χ1n) is 4.85. The van der Waals surface area contributed by atoms with Gasteiger partial charge in [-0.3, -0.25) is 0 Å². The Balaban J connectivity index is 2.85. The van der Waals surface area contributed by atoms with Crippen LogP contribution in [0, 0.1) is 24.1 Å². The number of terminal acetylenes is 1. The summed E-state index contributed by atoms with van der Waals surface area (Å²) in [6.45, 7) is 4.23. The Kier molecular flexibility index (Phi) is 3.71. The highest BCUT2D eigenvalue weighted by molar-refractivity contribution is 5.27. The molecule has 1 heteroatoms. The Hall–Kier alpha value is -1.29. The van der Waals surface area contributed by atoms with Gasteiger partial charge in [-0.2, -0.15) is 0 Å².